The molecule has 1 aliphatic heterocycles. The van der Waals surface area contributed by atoms with E-state index in [2.05, 4.69) is 6.92 Å². The van der Waals surface area contributed by atoms with Crippen molar-refractivity contribution in [3.63, 3.8) is 0 Å². The average Bonchev–Trinajstić information content (AvgIpc) is 3.21. The molecule has 8 nitrogen and oxygen atoms in total. The number of hydrogen-bond acceptors (Lipinski definition) is 8. The number of ether oxygens (including phenoxy) is 3. The maximum atomic E-state index is 11.8. The van der Waals surface area contributed by atoms with Gasteiger partial charge in [0.1, 0.15) is 31.0 Å². The van der Waals surface area contributed by atoms with E-state index in [4.69, 9.17) is 18.6 Å². The molecule has 0 radical (unpaired) electrons. The molecule has 5 unspecified atom stereocenters. The van der Waals surface area contributed by atoms with Gasteiger partial charge in [0.25, 0.3) is 0 Å². The van der Waals surface area contributed by atoms with E-state index in [0.29, 0.717) is 12.2 Å². The largest absolute Gasteiger partial charge is 0.464 e. The van der Waals surface area contributed by atoms with E-state index in [1.54, 1.807) is 12.1 Å². The molecule has 0 aromatic carbocycles. The second kappa shape index (κ2) is 11.4. The highest BCUT2D eigenvalue weighted by atomic mass is 16.7. The zero-order valence-electron chi connectivity index (χ0n) is 15.7. The fourth-order valence-electron chi connectivity index (χ4n) is 2.95. The van der Waals surface area contributed by atoms with Gasteiger partial charge in [-0.2, -0.15) is 0 Å². The highest BCUT2D eigenvalue weighted by Crippen LogP contribution is 2.31. The number of aliphatic hydroxyl groups is 3. The monoisotopic (exact) mass is 386 g/mol. The Labute approximate surface area is 159 Å². The minimum Gasteiger partial charge on any atom is -0.464 e. The van der Waals surface area contributed by atoms with Crippen molar-refractivity contribution in [2.24, 2.45) is 0 Å². The van der Waals surface area contributed by atoms with Gasteiger partial charge in [-0.25, -0.2) is 0 Å². The molecule has 0 spiro atoms. The fourth-order valence-corrected chi connectivity index (χ4v) is 2.95. The van der Waals surface area contributed by atoms with E-state index in [1.807, 2.05) is 0 Å². The Bertz CT molecular complexity index is 532. The predicted molar refractivity (Wildman–Crippen MR) is 94.6 cm³/mol. The molecule has 0 amide bonds. The van der Waals surface area contributed by atoms with Crippen LogP contribution in [0, 0.1) is 0 Å². The van der Waals surface area contributed by atoms with Gasteiger partial charge in [-0.15, -0.1) is 0 Å². The quantitative estimate of drug-likeness (QED) is 0.388. The molecule has 1 fully saturated rings. The molecular weight excluding hydrogens is 356 g/mol. The first kappa shape index (κ1) is 21.8. The summed E-state index contributed by atoms with van der Waals surface area (Å²) in [7, 11) is 0. The second-order valence-electron chi connectivity index (χ2n) is 6.71. The van der Waals surface area contributed by atoms with Crippen LogP contribution in [-0.2, 0) is 19.0 Å². The Morgan fingerprint density at radius 1 is 1.26 bits per heavy atom. The molecule has 8 heteroatoms. The van der Waals surface area contributed by atoms with E-state index in [-0.39, 0.29) is 6.61 Å². The van der Waals surface area contributed by atoms with Crippen molar-refractivity contribution in [2.45, 2.75) is 76.2 Å². The van der Waals surface area contributed by atoms with Gasteiger partial charge in [0.2, 0.25) is 6.29 Å². The third-order valence-electron chi connectivity index (χ3n) is 4.53. The van der Waals surface area contributed by atoms with Crippen LogP contribution in [0.4, 0.5) is 0 Å². The summed E-state index contributed by atoms with van der Waals surface area (Å²) in [5.74, 6) is -0.0463. The van der Waals surface area contributed by atoms with Crippen molar-refractivity contribution >= 4 is 5.97 Å². The molecule has 0 bridgehead atoms. The Morgan fingerprint density at radius 2 is 2.04 bits per heavy atom. The van der Waals surface area contributed by atoms with Crippen LogP contribution in [0.3, 0.4) is 0 Å². The van der Waals surface area contributed by atoms with Crippen LogP contribution in [0.25, 0.3) is 0 Å². The smallest absolute Gasteiger partial charge is 0.305 e. The lowest BCUT2D eigenvalue weighted by Crippen LogP contribution is -2.54. The number of carbonyl (C=O) groups excluding carboxylic acids is 1. The molecule has 154 valence electrons. The molecule has 1 aliphatic rings. The number of unbranched alkanes of at least 4 members (excludes halogenated alkanes) is 4. The van der Waals surface area contributed by atoms with Gasteiger partial charge in [0.15, 0.2) is 5.76 Å². The Hall–Kier alpha value is -1.45. The molecule has 1 aromatic heterocycles. The number of furan rings is 1. The lowest BCUT2D eigenvalue weighted by molar-refractivity contribution is -0.315. The minimum absolute atomic E-state index is 0.294. The minimum atomic E-state index is -1.27. The van der Waals surface area contributed by atoms with Crippen molar-refractivity contribution in [3.05, 3.63) is 24.2 Å². The van der Waals surface area contributed by atoms with E-state index in [9.17, 15) is 20.1 Å². The van der Waals surface area contributed by atoms with Gasteiger partial charge in [0, 0.05) is 6.42 Å². The van der Waals surface area contributed by atoms with Crippen molar-refractivity contribution in [2.75, 3.05) is 13.2 Å². The molecule has 5 atom stereocenters. The summed E-state index contributed by atoms with van der Waals surface area (Å²) in [5, 5.41) is 30.0. The van der Waals surface area contributed by atoms with Crippen LogP contribution in [0.1, 0.15) is 57.5 Å². The number of carbonyl (C=O) groups is 1. The number of hydrogen-bond donors (Lipinski definition) is 3. The highest BCUT2D eigenvalue weighted by Gasteiger charge is 2.43. The summed E-state index contributed by atoms with van der Waals surface area (Å²) in [5.41, 5.74) is 0. The van der Waals surface area contributed by atoms with Crippen molar-refractivity contribution < 1.29 is 38.7 Å². The molecular formula is C19H30O8. The zero-order valence-corrected chi connectivity index (χ0v) is 15.7. The van der Waals surface area contributed by atoms with Gasteiger partial charge in [-0.3, -0.25) is 4.79 Å². The third kappa shape index (κ3) is 6.58. The van der Waals surface area contributed by atoms with E-state index >= 15 is 0 Å². The molecule has 3 N–H and O–H groups in total. The molecule has 1 saturated heterocycles. The highest BCUT2D eigenvalue weighted by molar-refractivity contribution is 5.69. The first-order chi connectivity index (χ1) is 13.1. The van der Waals surface area contributed by atoms with E-state index < -0.39 is 43.3 Å². The summed E-state index contributed by atoms with van der Waals surface area (Å²) in [6.45, 7) is 1.36. The molecule has 2 heterocycles. The standard InChI is InChI=1S/C19H30O8/c1-2-3-4-5-6-9-16(22)25-12-13(21)18-17(23)15(11-20)26-19(27-18)14-8-7-10-24-14/h7-8,10,13,15,17-21,23H,2-6,9,11-12H2,1H3. The van der Waals surface area contributed by atoms with Crippen LogP contribution in [0.2, 0.25) is 0 Å². The summed E-state index contributed by atoms with van der Waals surface area (Å²) in [6.07, 6.45) is 1.26. The Balaban J connectivity index is 1.82. The molecule has 2 rings (SSSR count). The summed E-state index contributed by atoms with van der Waals surface area (Å²) >= 11 is 0. The van der Waals surface area contributed by atoms with Crippen molar-refractivity contribution in [1.82, 2.24) is 0 Å². The van der Waals surface area contributed by atoms with Gasteiger partial charge < -0.3 is 33.9 Å². The van der Waals surface area contributed by atoms with Gasteiger partial charge in [-0.05, 0) is 18.6 Å². The number of rotatable bonds is 11. The topological polar surface area (TPSA) is 119 Å². The molecule has 1 aromatic rings. The van der Waals surface area contributed by atoms with Crippen LogP contribution < -0.4 is 0 Å². The number of aliphatic hydroxyl groups excluding tert-OH is 3. The van der Waals surface area contributed by atoms with Gasteiger partial charge in [-0.1, -0.05) is 32.6 Å². The molecule has 0 saturated carbocycles. The predicted octanol–water partition coefficient (Wildman–Crippen LogP) is 1.68. The van der Waals surface area contributed by atoms with E-state index in [0.717, 1.165) is 32.1 Å². The molecule has 0 aliphatic carbocycles. The normalized spacial score (nSPS) is 26.7. The van der Waals surface area contributed by atoms with Crippen LogP contribution in [0.5, 0.6) is 0 Å². The summed E-state index contributed by atoms with van der Waals surface area (Å²) in [4.78, 5) is 11.8. The summed E-state index contributed by atoms with van der Waals surface area (Å²) < 4.78 is 21.3. The zero-order chi connectivity index (χ0) is 19.6. The lowest BCUT2D eigenvalue weighted by Gasteiger charge is -2.39. The fraction of sp³-hybridized carbons (Fsp3) is 0.737. The first-order valence-corrected chi connectivity index (χ1v) is 9.53. The van der Waals surface area contributed by atoms with Crippen LogP contribution in [-0.4, -0.2) is 58.9 Å². The van der Waals surface area contributed by atoms with E-state index in [1.165, 1.54) is 6.26 Å². The maximum absolute atomic E-state index is 11.8. The second-order valence-corrected chi connectivity index (χ2v) is 6.71. The van der Waals surface area contributed by atoms with Gasteiger partial charge in [0.05, 0.1) is 12.9 Å². The lowest BCUT2D eigenvalue weighted by atomic mass is 10.0. The Kier molecular flexibility index (Phi) is 9.23. The SMILES string of the molecule is CCCCCCCC(=O)OCC(O)C1OC(c2ccco2)OC(CO)C1O. The first-order valence-electron chi connectivity index (χ1n) is 9.53. The third-order valence-corrected chi connectivity index (χ3v) is 4.53. The van der Waals surface area contributed by atoms with Crippen LogP contribution in [0.15, 0.2) is 22.8 Å². The summed E-state index contributed by atoms with van der Waals surface area (Å²) in [6, 6.07) is 3.27. The maximum Gasteiger partial charge on any atom is 0.305 e. The Morgan fingerprint density at radius 3 is 2.70 bits per heavy atom. The molecule has 27 heavy (non-hydrogen) atoms. The van der Waals surface area contributed by atoms with Crippen LogP contribution >= 0.6 is 0 Å². The van der Waals surface area contributed by atoms with Gasteiger partial charge >= 0.3 is 5.97 Å². The average molecular weight is 386 g/mol. The number of esters is 1. The van der Waals surface area contributed by atoms with Crippen molar-refractivity contribution in [3.8, 4) is 0 Å². The van der Waals surface area contributed by atoms with Crippen molar-refractivity contribution in [1.29, 1.82) is 0 Å².